The molecule has 1 aliphatic carbocycles. The minimum absolute atomic E-state index is 0. The fourth-order valence-electron chi connectivity index (χ4n) is 2.60. The summed E-state index contributed by atoms with van der Waals surface area (Å²) in [4.78, 5) is 12.3. The van der Waals surface area contributed by atoms with Crippen LogP contribution in [-0.2, 0) is 4.79 Å². The quantitative estimate of drug-likeness (QED) is 0.678. The number of hydrogen-bond acceptors (Lipinski definition) is 4. The van der Waals surface area contributed by atoms with Crippen molar-refractivity contribution >= 4 is 18.2 Å². The van der Waals surface area contributed by atoms with Crippen LogP contribution >= 0.6 is 12.4 Å². The van der Waals surface area contributed by atoms with Crippen LogP contribution in [0.25, 0.3) is 0 Å². The van der Waals surface area contributed by atoms with Gasteiger partial charge in [-0.3, -0.25) is 4.79 Å². The normalized spacial score (nSPS) is 27.5. The van der Waals surface area contributed by atoms with E-state index < -0.39 is 23.5 Å². The minimum atomic E-state index is -1.75. The number of carbonyl (C=O) groups is 1. The Bertz CT molecular complexity index is 461. The molecule has 0 bridgehead atoms. The highest BCUT2D eigenvalue weighted by molar-refractivity contribution is 5.96. The summed E-state index contributed by atoms with van der Waals surface area (Å²) < 4.78 is 0. The molecule has 0 spiro atoms. The van der Waals surface area contributed by atoms with Crippen molar-refractivity contribution in [2.45, 2.75) is 66.2 Å². The van der Waals surface area contributed by atoms with Gasteiger partial charge in [0.05, 0.1) is 12.1 Å². The zero-order valence-electron chi connectivity index (χ0n) is 14.6. The van der Waals surface area contributed by atoms with E-state index in [-0.39, 0.29) is 23.2 Å². The van der Waals surface area contributed by atoms with Gasteiger partial charge in [-0.25, -0.2) is 0 Å². The third-order valence-corrected chi connectivity index (χ3v) is 3.88. The Morgan fingerprint density at radius 3 is 1.68 bits per heavy atom. The molecule has 4 nitrogen and oxygen atoms in total. The van der Waals surface area contributed by atoms with E-state index in [2.05, 4.69) is 0 Å². The van der Waals surface area contributed by atoms with Gasteiger partial charge in [-0.1, -0.05) is 41.5 Å². The van der Waals surface area contributed by atoms with E-state index in [1.165, 1.54) is 12.2 Å². The zero-order chi connectivity index (χ0) is 16.8. The molecule has 1 aliphatic rings. The van der Waals surface area contributed by atoms with E-state index in [9.17, 15) is 15.0 Å². The van der Waals surface area contributed by atoms with Crippen molar-refractivity contribution in [2.24, 2.45) is 16.6 Å². The van der Waals surface area contributed by atoms with Crippen molar-refractivity contribution in [3.63, 3.8) is 0 Å². The predicted octanol–water partition coefficient (Wildman–Crippen LogP) is 2.38. The molecule has 0 amide bonds. The van der Waals surface area contributed by atoms with Crippen molar-refractivity contribution in [1.29, 1.82) is 0 Å². The van der Waals surface area contributed by atoms with Crippen LogP contribution in [0.15, 0.2) is 23.3 Å². The molecule has 1 unspecified atom stereocenters. The molecule has 128 valence electrons. The van der Waals surface area contributed by atoms with Gasteiger partial charge in [-0.05, 0) is 41.1 Å². The Labute approximate surface area is 139 Å². The summed E-state index contributed by atoms with van der Waals surface area (Å²) in [7, 11) is 0. The van der Waals surface area contributed by atoms with Gasteiger partial charge in [0.1, 0.15) is 0 Å². The molecule has 0 radical (unpaired) electrons. The smallest absolute Gasteiger partial charge is 0.188 e. The van der Waals surface area contributed by atoms with Crippen molar-refractivity contribution in [1.82, 2.24) is 0 Å². The molecule has 1 atom stereocenters. The first kappa shape index (κ1) is 21.3. The van der Waals surface area contributed by atoms with Crippen LogP contribution in [0.2, 0.25) is 0 Å². The minimum Gasteiger partial charge on any atom is -0.384 e. The molecule has 0 aliphatic heterocycles. The summed E-state index contributed by atoms with van der Waals surface area (Å²) >= 11 is 0. The summed E-state index contributed by atoms with van der Waals surface area (Å²) in [5.41, 5.74) is 4.47. The molecule has 0 saturated heterocycles. The van der Waals surface area contributed by atoms with Crippen LogP contribution in [0.3, 0.4) is 0 Å². The van der Waals surface area contributed by atoms with Crippen molar-refractivity contribution in [3.8, 4) is 0 Å². The molecule has 5 heteroatoms. The Morgan fingerprint density at radius 1 is 1.14 bits per heavy atom. The fourth-order valence-corrected chi connectivity index (χ4v) is 2.60. The summed E-state index contributed by atoms with van der Waals surface area (Å²) in [6.07, 6.45) is 2.14. The fraction of sp³-hybridized carbons (Fsp3) is 0.706. The Morgan fingerprint density at radius 2 is 1.45 bits per heavy atom. The van der Waals surface area contributed by atoms with E-state index in [4.69, 9.17) is 5.73 Å². The van der Waals surface area contributed by atoms with Gasteiger partial charge < -0.3 is 15.9 Å². The number of aliphatic hydroxyl groups is 2. The number of hydrogen-bond donors (Lipinski definition) is 3. The van der Waals surface area contributed by atoms with E-state index in [1.54, 1.807) is 6.92 Å². The summed E-state index contributed by atoms with van der Waals surface area (Å²) in [6.45, 7) is 13.2. The molecule has 4 N–H and O–H groups in total. The molecule has 0 heterocycles. The van der Waals surface area contributed by atoms with Gasteiger partial charge in [-0.15, -0.1) is 12.4 Å². The third kappa shape index (κ3) is 4.19. The van der Waals surface area contributed by atoms with Gasteiger partial charge in [0, 0.05) is 0 Å². The summed E-state index contributed by atoms with van der Waals surface area (Å²) in [5.74, 6) is -0.460. The molecular formula is C17H30ClNO3. The van der Waals surface area contributed by atoms with Crippen molar-refractivity contribution < 1.29 is 15.0 Å². The van der Waals surface area contributed by atoms with Crippen LogP contribution in [0.5, 0.6) is 0 Å². The second-order valence-corrected chi connectivity index (χ2v) is 8.08. The first-order valence-electron chi connectivity index (χ1n) is 7.37. The Hall–Kier alpha value is -0.680. The molecule has 0 fully saturated rings. The number of ketones is 1. The highest BCUT2D eigenvalue weighted by Crippen LogP contribution is 2.43. The highest BCUT2D eigenvalue weighted by atomic mass is 35.5. The summed E-state index contributed by atoms with van der Waals surface area (Å²) in [6, 6.07) is -0.778. The lowest BCUT2D eigenvalue weighted by Crippen LogP contribution is -2.49. The van der Waals surface area contributed by atoms with Gasteiger partial charge in [0.2, 0.25) is 0 Å². The van der Waals surface area contributed by atoms with Gasteiger partial charge >= 0.3 is 0 Å². The number of carbonyl (C=O) groups excluding carboxylic acids is 1. The van der Waals surface area contributed by atoms with Gasteiger partial charge in [0.25, 0.3) is 0 Å². The molecule has 0 aromatic rings. The molecule has 22 heavy (non-hydrogen) atoms. The molecule has 1 rings (SSSR count). The second kappa shape index (κ2) is 6.44. The number of rotatable bonds is 2. The first-order chi connectivity index (χ1) is 9.20. The van der Waals surface area contributed by atoms with Crippen LogP contribution in [-0.4, -0.2) is 33.7 Å². The van der Waals surface area contributed by atoms with Crippen molar-refractivity contribution in [2.75, 3.05) is 0 Å². The lowest BCUT2D eigenvalue weighted by atomic mass is 9.68. The van der Waals surface area contributed by atoms with E-state index >= 15 is 0 Å². The zero-order valence-corrected chi connectivity index (χ0v) is 15.4. The lowest BCUT2D eigenvalue weighted by Gasteiger charge is -2.41. The molecule has 0 aromatic heterocycles. The third-order valence-electron chi connectivity index (χ3n) is 3.88. The Kier molecular flexibility index (Phi) is 6.24. The molecular weight excluding hydrogens is 302 g/mol. The van der Waals surface area contributed by atoms with Crippen LogP contribution in [0, 0.1) is 10.8 Å². The second-order valence-electron chi connectivity index (χ2n) is 8.08. The van der Waals surface area contributed by atoms with Crippen LogP contribution in [0.4, 0.5) is 0 Å². The van der Waals surface area contributed by atoms with Crippen LogP contribution < -0.4 is 5.73 Å². The first-order valence-corrected chi connectivity index (χ1v) is 7.37. The average molecular weight is 332 g/mol. The van der Waals surface area contributed by atoms with Gasteiger partial charge in [0.15, 0.2) is 11.4 Å². The maximum absolute atomic E-state index is 12.3. The number of aliphatic hydroxyl groups excluding tert-OH is 1. The SMILES string of the molecule is CC(N)C(=O)C1(O)C=C(C(C)(C)C)C(O)C(C(C)(C)C)=C1.Cl. The maximum atomic E-state index is 12.3. The van der Waals surface area contributed by atoms with E-state index in [0.29, 0.717) is 11.1 Å². The maximum Gasteiger partial charge on any atom is 0.188 e. The lowest BCUT2D eigenvalue weighted by molar-refractivity contribution is -0.130. The largest absolute Gasteiger partial charge is 0.384 e. The monoisotopic (exact) mass is 331 g/mol. The predicted molar refractivity (Wildman–Crippen MR) is 91.9 cm³/mol. The van der Waals surface area contributed by atoms with Gasteiger partial charge in [-0.2, -0.15) is 0 Å². The van der Waals surface area contributed by atoms with Crippen LogP contribution in [0.1, 0.15) is 48.5 Å². The Balaban J connectivity index is 0.00000441. The summed E-state index contributed by atoms with van der Waals surface area (Å²) in [5, 5.41) is 21.5. The average Bonchev–Trinajstić information content (AvgIpc) is 2.28. The number of Topliss-reactive ketones (excluding diaryl/α,β-unsaturated/α-hetero) is 1. The van der Waals surface area contributed by atoms with E-state index in [0.717, 1.165) is 0 Å². The highest BCUT2D eigenvalue weighted by Gasteiger charge is 2.44. The molecule has 0 aromatic carbocycles. The number of halogens is 1. The van der Waals surface area contributed by atoms with E-state index in [1.807, 2.05) is 41.5 Å². The standard InChI is InChI=1S/C17H29NO3.ClH/c1-10(18)14(20)17(21)8-11(15(2,3)4)13(19)12(9-17)16(5,6)7;/h8-10,13,19,21H,18H2,1-7H3;1H. The number of nitrogens with two attached hydrogens (primary N) is 1. The topological polar surface area (TPSA) is 83.6 Å². The van der Waals surface area contributed by atoms with Crippen molar-refractivity contribution in [3.05, 3.63) is 23.3 Å². The molecule has 0 saturated carbocycles.